The number of nitrogens with zero attached hydrogens (tertiary/aromatic N) is 1. The first-order chi connectivity index (χ1) is 12.3. The maximum Gasteiger partial charge on any atom is 0.320 e. The Morgan fingerprint density at radius 3 is 1.88 bits per heavy atom. The molecule has 0 saturated carbocycles. The van der Waals surface area contributed by atoms with Crippen molar-refractivity contribution < 1.29 is 9.53 Å². The number of halogens is 1. The van der Waals surface area contributed by atoms with Crippen LogP contribution in [0.2, 0.25) is 0 Å². The monoisotopic (exact) mass is 417 g/mol. The van der Waals surface area contributed by atoms with Crippen LogP contribution in [-0.2, 0) is 14.9 Å². The number of rotatable bonds is 6. The van der Waals surface area contributed by atoms with Crippen molar-refractivity contribution in [2.45, 2.75) is 31.1 Å². The molecule has 0 aromatic heterocycles. The Hall–Kier alpha value is -1.65. The molecule has 0 aliphatic carbocycles. The predicted molar refractivity (Wildman–Crippen MR) is 111 cm³/mol. The lowest BCUT2D eigenvalue weighted by molar-refractivity contribution is -0.146. The molecule has 0 N–H and O–H groups in total. The highest BCUT2D eigenvalue weighted by atomic mass is 79.9. The van der Waals surface area contributed by atoms with Gasteiger partial charge in [-0.2, -0.15) is 0 Å². The third-order valence-corrected chi connectivity index (χ3v) is 5.32. The molecule has 1 fully saturated rings. The number of ether oxygens (including phenoxy) is 1. The van der Waals surface area contributed by atoms with Crippen LogP contribution in [0.15, 0.2) is 60.7 Å². The van der Waals surface area contributed by atoms with Gasteiger partial charge < -0.3 is 9.64 Å². The molecule has 1 aliphatic heterocycles. The summed E-state index contributed by atoms with van der Waals surface area (Å²) in [6.45, 7) is 3.15. The standard InChI is InChI=1S/C22H27NO2.BrH/c1-25-21(24)22(19-11-5-2-6-12-19,20-13-7-3-8-14-20)15-18-23-16-9-4-10-17-23;/h2-3,5-8,11-14H,4,9-10,15-18H2,1H3;1H. The third-order valence-electron chi connectivity index (χ3n) is 5.32. The van der Waals surface area contributed by atoms with Gasteiger partial charge in [0.1, 0.15) is 5.41 Å². The molecule has 3 rings (SSSR count). The largest absolute Gasteiger partial charge is 0.468 e. The molecule has 1 saturated heterocycles. The van der Waals surface area contributed by atoms with Gasteiger partial charge in [0.15, 0.2) is 0 Å². The normalized spacial score (nSPS) is 15.1. The van der Waals surface area contributed by atoms with Crippen LogP contribution >= 0.6 is 17.0 Å². The van der Waals surface area contributed by atoms with Gasteiger partial charge >= 0.3 is 5.97 Å². The van der Waals surface area contributed by atoms with E-state index in [0.717, 1.165) is 37.2 Å². The average molecular weight is 418 g/mol. The zero-order valence-electron chi connectivity index (χ0n) is 15.4. The fourth-order valence-corrected chi connectivity index (χ4v) is 3.92. The van der Waals surface area contributed by atoms with Gasteiger partial charge in [0.05, 0.1) is 7.11 Å². The highest BCUT2D eigenvalue weighted by Crippen LogP contribution is 2.37. The highest BCUT2D eigenvalue weighted by molar-refractivity contribution is 8.93. The maximum atomic E-state index is 13.1. The molecule has 26 heavy (non-hydrogen) atoms. The van der Waals surface area contributed by atoms with Crippen LogP contribution in [0, 0.1) is 0 Å². The van der Waals surface area contributed by atoms with E-state index in [0.29, 0.717) is 0 Å². The minimum Gasteiger partial charge on any atom is -0.468 e. The van der Waals surface area contributed by atoms with E-state index in [9.17, 15) is 4.79 Å². The smallest absolute Gasteiger partial charge is 0.320 e. The van der Waals surface area contributed by atoms with Crippen molar-refractivity contribution in [1.29, 1.82) is 0 Å². The number of carbonyl (C=O) groups excluding carboxylic acids is 1. The van der Waals surface area contributed by atoms with Crippen LogP contribution in [0.3, 0.4) is 0 Å². The van der Waals surface area contributed by atoms with Crippen molar-refractivity contribution in [3.05, 3.63) is 71.8 Å². The average Bonchev–Trinajstić information content (AvgIpc) is 2.70. The molecule has 4 heteroatoms. The van der Waals surface area contributed by atoms with Crippen molar-refractivity contribution in [2.24, 2.45) is 0 Å². The summed E-state index contributed by atoms with van der Waals surface area (Å²) >= 11 is 0. The van der Waals surface area contributed by atoms with E-state index in [-0.39, 0.29) is 23.0 Å². The lowest BCUT2D eigenvalue weighted by atomic mass is 9.71. The molecule has 3 nitrogen and oxygen atoms in total. The fraction of sp³-hybridized carbons (Fsp3) is 0.409. The number of piperidine rings is 1. The Morgan fingerprint density at radius 1 is 0.923 bits per heavy atom. The molecule has 0 bridgehead atoms. The lowest BCUT2D eigenvalue weighted by Crippen LogP contribution is -2.42. The molecule has 0 radical (unpaired) electrons. The lowest BCUT2D eigenvalue weighted by Gasteiger charge is -2.35. The van der Waals surface area contributed by atoms with E-state index >= 15 is 0 Å². The molecule has 0 unspecified atom stereocenters. The zero-order valence-corrected chi connectivity index (χ0v) is 17.1. The van der Waals surface area contributed by atoms with E-state index in [4.69, 9.17) is 4.74 Å². The van der Waals surface area contributed by atoms with Crippen molar-refractivity contribution in [2.75, 3.05) is 26.7 Å². The number of methoxy groups -OCH3 is 1. The summed E-state index contributed by atoms with van der Waals surface area (Å²) in [6, 6.07) is 20.1. The first-order valence-corrected chi connectivity index (χ1v) is 9.19. The van der Waals surface area contributed by atoms with E-state index in [1.807, 2.05) is 60.7 Å². The Morgan fingerprint density at radius 2 is 1.42 bits per heavy atom. The topological polar surface area (TPSA) is 29.5 Å². The van der Waals surface area contributed by atoms with Gasteiger partial charge in [0.25, 0.3) is 0 Å². The summed E-state index contributed by atoms with van der Waals surface area (Å²) in [5, 5.41) is 0. The highest BCUT2D eigenvalue weighted by Gasteiger charge is 2.43. The molecule has 0 atom stereocenters. The molecular formula is C22H28BrNO2. The number of hydrogen-bond donors (Lipinski definition) is 0. The number of hydrogen-bond acceptors (Lipinski definition) is 3. The van der Waals surface area contributed by atoms with Gasteiger partial charge in [-0.3, -0.25) is 4.79 Å². The molecule has 0 amide bonds. The molecule has 0 spiro atoms. The van der Waals surface area contributed by atoms with Crippen molar-refractivity contribution >= 4 is 23.0 Å². The van der Waals surface area contributed by atoms with Gasteiger partial charge in [-0.05, 0) is 50.0 Å². The van der Waals surface area contributed by atoms with Crippen LogP contribution in [0.1, 0.15) is 36.8 Å². The second-order valence-corrected chi connectivity index (χ2v) is 6.78. The van der Waals surface area contributed by atoms with E-state index in [1.54, 1.807) is 0 Å². The number of likely N-dealkylation sites (tertiary alicyclic amines) is 1. The van der Waals surface area contributed by atoms with Crippen LogP contribution in [0.4, 0.5) is 0 Å². The number of carbonyl (C=O) groups is 1. The van der Waals surface area contributed by atoms with Crippen molar-refractivity contribution in [3.8, 4) is 0 Å². The van der Waals surface area contributed by atoms with Crippen LogP contribution in [-0.4, -0.2) is 37.6 Å². The summed E-state index contributed by atoms with van der Waals surface area (Å²) in [6.07, 6.45) is 4.55. The zero-order chi connectivity index (χ0) is 17.5. The van der Waals surface area contributed by atoms with Gasteiger partial charge in [-0.1, -0.05) is 67.1 Å². The van der Waals surface area contributed by atoms with E-state index in [2.05, 4.69) is 4.90 Å². The summed E-state index contributed by atoms with van der Waals surface area (Å²) in [5.41, 5.74) is 1.25. The van der Waals surface area contributed by atoms with Gasteiger partial charge in [-0.25, -0.2) is 0 Å². The predicted octanol–water partition coefficient (Wildman–Crippen LogP) is 4.60. The van der Waals surface area contributed by atoms with Crippen molar-refractivity contribution in [1.82, 2.24) is 4.90 Å². The molecule has 1 aliphatic rings. The summed E-state index contributed by atoms with van der Waals surface area (Å²) in [5.74, 6) is -0.179. The fourth-order valence-electron chi connectivity index (χ4n) is 3.92. The second-order valence-electron chi connectivity index (χ2n) is 6.78. The quantitative estimate of drug-likeness (QED) is 0.643. The first-order valence-electron chi connectivity index (χ1n) is 9.19. The number of esters is 1. The van der Waals surface area contributed by atoms with Gasteiger partial charge in [0, 0.05) is 0 Å². The molecular weight excluding hydrogens is 390 g/mol. The van der Waals surface area contributed by atoms with Crippen LogP contribution in [0.25, 0.3) is 0 Å². The third kappa shape index (κ3) is 4.36. The second kappa shape index (κ2) is 9.89. The minimum atomic E-state index is -0.755. The van der Waals surface area contributed by atoms with E-state index in [1.165, 1.54) is 26.4 Å². The minimum absolute atomic E-state index is 0. The Kier molecular flexibility index (Phi) is 7.85. The maximum absolute atomic E-state index is 13.1. The summed E-state index contributed by atoms with van der Waals surface area (Å²) in [7, 11) is 1.49. The molecule has 2 aromatic carbocycles. The summed E-state index contributed by atoms with van der Waals surface area (Å²) in [4.78, 5) is 15.5. The molecule has 140 valence electrons. The Labute approximate surface area is 167 Å². The van der Waals surface area contributed by atoms with Gasteiger partial charge in [-0.15, -0.1) is 17.0 Å². The SMILES string of the molecule is Br.COC(=O)C(CCN1CCCCC1)(c1ccccc1)c1ccccc1. The van der Waals surface area contributed by atoms with Gasteiger partial charge in [0.2, 0.25) is 0 Å². The summed E-state index contributed by atoms with van der Waals surface area (Å²) < 4.78 is 5.31. The molecule has 2 aromatic rings. The Bertz CT molecular complexity index is 630. The first kappa shape index (κ1) is 20.7. The van der Waals surface area contributed by atoms with E-state index < -0.39 is 5.41 Å². The van der Waals surface area contributed by atoms with Crippen molar-refractivity contribution in [3.63, 3.8) is 0 Å². The Balaban J connectivity index is 0.00000243. The van der Waals surface area contributed by atoms with Crippen LogP contribution < -0.4 is 0 Å². The molecule has 1 heterocycles. The number of benzene rings is 2. The van der Waals surface area contributed by atoms with Crippen LogP contribution in [0.5, 0.6) is 0 Å².